The number of pyridine rings is 1. The number of hydrogen-bond acceptors (Lipinski definition) is 6. The molecule has 3 N–H and O–H groups in total. The molecule has 2 aromatic rings. The van der Waals surface area contributed by atoms with Gasteiger partial charge in [-0.05, 0) is 24.0 Å². The van der Waals surface area contributed by atoms with Gasteiger partial charge in [0.25, 0.3) is 0 Å². The Labute approximate surface area is 156 Å². The van der Waals surface area contributed by atoms with Gasteiger partial charge < -0.3 is 10.8 Å². The van der Waals surface area contributed by atoms with E-state index in [1.54, 1.807) is 0 Å². The zero-order valence-corrected chi connectivity index (χ0v) is 15.5. The standard InChI is InChI=1S/C19H18N4O2S/c1-10(2)12-4-6-13(7-5-12)16-14(8-20)17(22)23-18(15(16)9-21)26-11(3)19(24)25/h4-7,10-11H,1-3H3,(H2,22,23)(H,24,25). The van der Waals surface area contributed by atoms with Gasteiger partial charge in [-0.25, -0.2) is 4.98 Å². The van der Waals surface area contributed by atoms with Crippen molar-refractivity contribution in [3.63, 3.8) is 0 Å². The molecule has 0 spiro atoms. The Morgan fingerprint density at radius 1 is 1.15 bits per heavy atom. The average molecular weight is 366 g/mol. The van der Waals surface area contributed by atoms with Crippen LogP contribution in [0.5, 0.6) is 0 Å². The predicted molar refractivity (Wildman–Crippen MR) is 101 cm³/mol. The topological polar surface area (TPSA) is 124 Å². The molecule has 132 valence electrons. The van der Waals surface area contributed by atoms with Crippen molar-refractivity contribution in [1.29, 1.82) is 10.5 Å². The van der Waals surface area contributed by atoms with Gasteiger partial charge in [-0.1, -0.05) is 49.9 Å². The fourth-order valence-electron chi connectivity index (χ4n) is 2.42. The number of thioether (sulfide) groups is 1. The number of nitrogens with two attached hydrogens (primary N) is 1. The molecule has 26 heavy (non-hydrogen) atoms. The van der Waals surface area contributed by atoms with Crippen molar-refractivity contribution in [3.8, 4) is 23.3 Å². The molecule has 1 unspecified atom stereocenters. The summed E-state index contributed by atoms with van der Waals surface area (Å²) in [5.74, 6) is -0.694. The SMILES string of the molecule is CC(Sc1nc(N)c(C#N)c(-c2ccc(C(C)C)cc2)c1C#N)C(=O)O. The molecule has 1 heterocycles. The molecule has 0 aliphatic heterocycles. The zero-order valence-electron chi connectivity index (χ0n) is 14.6. The van der Waals surface area contributed by atoms with Crippen molar-refractivity contribution in [2.75, 3.05) is 5.73 Å². The quantitative estimate of drug-likeness (QED) is 0.772. The van der Waals surface area contributed by atoms with Gasteiger partial charge in [0.15, 0.2) is 0 Å². The molecule has 2 rings (SSSR count). The average Bonchev–Trinajstić information content (AvgIpc) is 2.61. The molecule has 6 nitrogen and oxygen atoms in total. The highest BCUT2D eigenvalue weighted by Crippen LogP contribution is 2.37. The molecule has 0 saturated heterocycles. The summed E-state index contributed by atoms with van der Waals surface area (Å²) in [5, 5.41) is 27.7. The Morgan fingerprint density at radius 2 is 1.73 bits per heavy atom. The highest BCUT2D eigenvalue weighted by molar-refractivity contribution is 8.00. The van der Waals surface area contributed by atoms with E-state index in [1.807, 2.05) is 30.3 Å². The van der Waals surface area contributed by atoms with Crippen LogP contribution in [0.15, 0.2) is 29.3 Å². The monoisotopic (exact) mass is 366 g/mol. The lowest BCUT2D eigenvalue weighted by atomic mass is 9.94. The van der Waals surface area contributed by atoms with E-state index in [0.29, 0.717) is 17.0 Å². The van der Waals surface area contributed by atoms with Crippen LogP contribution in [-0.4, -0.2) is 21.3 Å². The third-order valence-corrected chi connectivity index (χ3v) is 4.99. The summed E-state index contributed by atoms with van der Waals surface area (Å²) in [4.78, 5) is 15.3. The lowest BCUT2D eigenvalue weighted by molar-refractivity contribution is -0.136. The number of aliphatic carboxylic acids is 1. The second kappa shape index (κ2) is 7.90. The molecule has 1 aromatic carbocycles. The summed E-state index contributed by atoms with van der Waals surface area (Å²) in [6, 6.07) is 11.6. The summed E-state index contributed by atoms with van der Waals surface area (Å²) >= 11 is 0.931. The second-order valence-corrected chi connectivity index (χ2v) is 7.36. The normalized spacial score (nSPS) is 11.6. The molecule has 0 fully saturated rings. The molecule has 0 bridgehead atoms. The van der Waals surface area contributed by atoms with Gasteiger partial charge in [-0.2, -0.15) is 10.5 Å². The van der Waals surface area contributed by atoms with E-state index in [2.05, 4.69) is 24.9 Å². The number of hydrogen-bond donors (Lipinski definition) is 2. The lowest BCUT2D eigenvalue weighted by Gasteiger charge is -2.15. The molecule has 0 saturated carbocycles. The maximum atomic E-state index is 11.2. The molecule has 0 radical (unpaired) electrons. The fraction of sp³-hybridized carbons (Fsp3) is 0.263. The number of anilines is 1. The Hall–Kier alpha value is -3.03. The van der Waals surface area contributed by atoms with Gasteiger partial charge in [0.05, 0.1) is 5.56 Å². The third kappa shape index (κ3) is 3.79. The van der Waals surface area contributed by atoms with Crippen molar-refractivity contribution in [1.82, 2.24) is 4.98 Å². The second-order valence-electron chi connectivity index (χ2n) is 6.03. The van der Waals surface area contributed by atoms with E-state index >= 15 is 0 Å². The molecule has 0 amide bonds. The first kappa shape index (κ1) is 19.3. The van der Waals surface area contributed by atoms with Gasteiger partial charge in [-0.15, -0.1) is 0 Å². The highest BCUT2D eigenvalue weighted by Gasteiger charge is 2.23. The van der Waals surface area contributed by atoms with E-state index in [9.17, 15) is 15.3 Å². The first-order chi connectivity index (χ1) is 12.3. The number of nitrogen functional groups attached to an aromatic ring is 1. The van der Waals surface area contributed by atoms with Crippen molar-refractivity contribution >= 4 is 23.5 Å². The van der Waals surface area contributed by atoms with Gasteiger partial charge in [0.2, 0.25) is 0 Å². The van der Waals surface area contributed by atoms with Crippen molar-refractivity contribution < 1.29 is 9.90 Å². The van der Waals surface area contributed by atoms with E-state index < -0.39 is 11.2 Å². The van der Waals surface area contributed by atoms with Gasteiger partial charge in [-0.3, -0.25) is 4.79 Å². The first-order valence-electron chi connectivity index (χ1n) is 7.93. The Balaban J connectivity index is 2.70. The minimum absolute atomic E-state index is 0.0190. The smallest absolute Gasteiger partial charge is 0.316 e. The van der Waals surface area contributed by atoms with Crippen LogP contribution >= 0.6 is 11.8 Å². The molecular formula is C19H18N4O2S. The minimum atomic E-state index is -1.02. The minimum Gasteiger partial charge on any atom is -0.480 e. The van der Waals surface area contributed by atoms with Crippen LogP contribution in [0.2, 0.25) is 0 Å². The van der Waals surface area contributed by atoms with Crippen molar-refractivity contribution in [2.45, 2.75) is 37.0 Å². The van der Waals surface area contributed by atoms with E-state index in [4.69, 9.17) is 10.8 Å². The number of aromatic nitrogens is 1. The molecule has 0 aliphatic rings. The van der Waals surface area contributed by atoms with E-state index in [1.165, 1.54) is 6.92 Å². The predicted octanol–water partition coefficient (Wildman–Crippen LogP) is 3.76. The largest absolute Gasteiger partial charge is 0.480 e. The van der Waals surface area contributed by atoms with Crippen LogP contribution in [0.25, 0.3) is 11.1 Å². The van der Waals surface area contributed by atoms with E-state index in [-0.39, 0.29) is 22.0 Å². The molecule has 0 aliphatic carbocycles. The molecule has 1 aromatic heterocycles. The van der Waals surface area contributed by atoms with Gasteiger partial charge in [0.1, 0.15) is 33.8 Å². The van der Waals surface area contributed by atoms with Gasteiger partial charge in [0, 0.05) is 5.56 Å². The number of benzene rings is 1. The number of carboxylic acid groups (broad SMARTS) is 1. The van der Waals surface area contributed by atoms with Crippen molar-refractivity contribution in [2.24, 2.45) is 0 Å². The molecule has 7 heteroatoms. The Bertz CT molecular complexity index is 925. The summed E-state index contributed by atoms with van der Waals surface area (Å²) in [5.41, 5.74) is 8.38. The maximum absolute atomic E-state index is 11.2. The number of carboxylic acids is 1. The fourth-order valence-corrected chi connectivity index (χ4v) is 3.28. The number of nitriles is 2. The van der Waals surface area contributed by atoms with Crippen LogP contribution in [-0.2, 0) is 4.79 Å². The Morgan fingerprint density at radius 3 is 2.19 bits per heavy atom. The summed E-state index contributed by atoms with van der Waals surface area (Å²) in [6.45, 7) is 5.65. The zero-order chi connectivity index (χ0) is 19.4. The van der Waals surface area contributed by atoms with Crippen LogP contribution in [0.3, 0.4) is 0 Å². The van der Waals surface area contributed by atoms with Crippen LogP contribution < -0.4 is 5.73 Å². The molecule has 1 atom stereocenters. The highest BCUT2D eigenvalue weighted by atomic mass is 32.2. The Kier molecular flexibility index (Phi) is 5.86. The van der Waals surface area contributed by atoms with Gasteiger partial charge >= 0.3 is 5.97 Å². The van der Waals surface area contributed by atoms with Crippen LogP contribution in [0.1, 0.15) is 43.4 Å². The molecular weight excluding hydrogens is 348 g/mol. The summed E-state index contributed by atoms with van der Waals surface area (Å²) in [6.07, 6.45) is 0. The number of carbonyl (C=O) groups is 1. The lowest BCUT2D eigenvalue weighted by Crippen LogP contribution is -2.13. The van der Waals surface area contributed by atoms with Crippen molar-refractivity contribution in [3.05, 3.63) is 41.0 Å². The third-order valence-electron chi connectivity index (χ3n) is 3.92. The van der Waals surface area contributed by atoms with Crippen LogP contribution in [0, 0.1) is 22.7 Å². The first-order valence-corrected chi connectivity index (χ1v) is 8.81. The van der Waals surface area contributed by atoms with Crippen LogP contribution in [0.4, 0.5) is 5.82 Å². The maximum Gasteiger partial charge on any atom is 0.316 e. The van der Waals surface area contributed by atoms with E-state index in [0.717, 1.165) is 17.3 Å². The number of nitrogens with zero attached hydrogens (tertiary/aromatic N) is 3. The number of rotatable bonds is 5. The summed E-state index contributed by atoms with van der Waals surface area (Å²) < 4.78 is 0. The summed E-state index contributed by atoms with van der Waals surface area (Å²) in [7, 11) is 0.